The molecule has 7 amide bonds. The third kappa shape index (κ3) is 6.71. The topological polar surface area (TPSA) is 154 Å². The number of imide groups is 2. The number of hydroxylamine groups is 2. The van der Waals surface area contributed by atoms with Gasteiger partial charge in [-0.15, -0.1) is 5.06 Å². The molecule has 0 radical (unpaired) electrons. The fourth-order valence-corrected chi connectivity index (χ4v) is 5.80. The lowest BCUT2D eigenvalue weighted by atomic mass is 9.82. The van der Waals surface area contributed by atoms with Crippen LogP contribution in [-0.4, -0.2) is 94.0 Å². The van der Waals surface area contributed by atoms with Crippen molar-refractivity contribution in [2.45, 2.75) is 50.5 Å². The van der Waals surface area contributed by atoms with E-state index in [9.17, 15) is 33.6 Å². The summed E-state index contributed by atoms with van der Waals surface area (Å²) in [6.45, 7) is 1.48. The minimum atomic E-state index is -1.32. The maximum absolute atomic E-state index is 13.8. The van der Waals surface area contributed by atoms with Crippen molar-refractivity contribution in [2.24, 2.45) is 0 Å². The number of carbonyl (C=O) groups is 7. The Morgan fingerprint density at radius 1 is 0.689 bits per heavy atom. The molecule has 0 atom stereocenters. The maximum Gasteiger partial charge on any atom is 0.333 e. The number of amides is 7. The van der Waals surface area contributed by atoms with E-state index in [1.54, 1.807) is 9.80 Å². The van der Waals surface area contributed by atoms with Gasteiger partial charge in [0, 0.05) is 58.4 Å². The highest BCUT2D eigenvalue weighted by molar-refractivity contribution is 6.09. The summed E-state index contributed by atoms with van der Waals surface area (Å²) in [6.07, 6.45) is 0.739. The molecule has 3 aliphatic rings. The normalized spacial score (nSPS) is 18.0. The molecule has 5 rings (SSSR count). The molecule has 3 heterocycles. The monoisotopic (exact) mass is 617 g/mol. The van der Waals surface area contributed by atoms with Crippen molar-refractivity contribution in [2.75, 3.05) is 32.7 Å². The fraction of sp³-hybridized carbons (Fsp3) is 0.406. The van der Waals surface area contributed by atoms with Crippen LogP contribution < -0.4 is 5.32 Å². The van der Waals surface area contributed by atoms with Gasteiger partial charge in [0.05, 0.1) is 6.42 Å². The van der Waals surface area contributed by atoms with Gasteiger partial charge in [-0.2, -0.15) is 0 Å². The summed E-state index contributed by atoms with van der Waals surface area (Å²) < 4.78 is 0. The molecular weight excluding hydrogens is 582 g/mol. The minimum Gasteiger partial charge on any atom is -0.339 e. The van der Waals surface area contributed by atoms with E-state index in [0.29, 0.717) is 55.2 Å². The van der Waals surface area contributed by atoms with Crippen LogP contribution in [0.3, 0.4) is 0 Å². The second kappa shape index (κ2) is 13.7. The van der Waals surface area contributed by atoms with Crippen molar-refractivity contribution >= 4 is 41.5 Å². The zero-order valence-corrected chi connectivity index (χ0v) is 24.8. The predicted octanol–water partition coefficient (Wildman–Crippen LogP) is 1.71. The Hall–Kier alpha value is -5.07. The predicted molar refractivity (Wildman–Crippen MR) is 157 cm³/mol. The Labute approximate surface area is 260 Å². The van der Waals surface area contributed by atoms with Crippen molar-refractivity contribution in [1.82, 2.24) is 25.1 Å². The highest BCUT2D eigenvalue weighted by Gasteiger charge is 2.53. The van der Waals surface area contributed by atoms with Gasteiger partial charge in [-0.3, -0.25) is 28.9 Å². The maximum atomic E-state index is 13.8. The summed E-state index contributed by atoms with van der Waals surface area (Å²) >= 11 is 0. The van der Waals surface area contributed by atoms with E-state index < -0.39 is 29.4 Å². The number of unbranched alkanes of at least 4 members (excludes halogenated alkanes) is 1. The van der Waals surface area contributed by atoms with Gasteiger partial charge in [0.25, 0.3) is 17.7 Å². The van der Waals surface area contributed by atoms with E-state index in [0.717, 1.165) is 0 Å². The van der Waals surface area contributed by atoms with Gasteiger partial charge in [0.1, 0.15) is 0 Å². The van der Waals surface area contributed by atoms with Gasteiger partial charge >= 0.3 is 12.0 Å². The molecule has 13 heteroatoms. The van der Waals surface area contributed by atoms with Crippen molar-refractivity contribution in [3.05, 3.63) is 71.8 Å². The van der Waals surface area contributed by atoms with Crippen molar-refractivity contribution in [1.29, 1.82) is 0 Å². The van der Waals surface area contributed by atoms with Crippen LogP contribution in [0, 0.1) is 0 Å². The van der Waals surface area contributed by atoms with E-state index in [4.69, 9.17) is 4.84 Å². The highest BCUT2D eigenvalue weighted by atomic mass is 16.7. The van der Waals surface area contributed by atoms with Gasteiger partial charge in [0.2, 0.25) is 11.8 Å². The van der Waals surface area contributed by atoms with Gasteiger partial charge < -0.3 is 20.0 Å². The lowest BCUT2D eigenvalue weighted by Gasteiger charge is -2.35. The molecule has 236 valence electrons. The van der Waals surface area contributed by atoms with Crippen LogP contribution in [-0.2, 0) is 39.1 Å². The number of piperazine rings is 1. The van der Waals surface area contributed by atoms with E-state index in [2.05, 4.69) is 5.32 Å². The summed E-state index contributed by atoms with van der Waals surface area (Å²) in [5.41, 5.74) is 0.0124. The lowest BCUT2D eigenvalue weighted by Crippen LogP contribution is -2.50. The molecule has 0 saturated carbocycles. The summed E-state index contributed by atoms with van der Waals surface area (Å²) in [7, 11) is 0. The van der Waals surface area contributed by atoms with Gasteiger partial charge in [-0.05, 0) is 24.0 Å². The Kier molecular flexibility index (Phi) is 9.55. The first kappa shape index (κ1) is 31.4. The molecule has 0 aliphatic carbocycles. The number of nitrogens with zero attached hydrogens (tertiary/aromatic N) is 4. The molecule has 45 heavy (non-hydrogen) atoms. The Bertz CT molecular complexity index is 1420. The first-order valence-electron chi connectivity index (χ1n) is 15.1. The molecule has 1 N–H and O–H groups in total. The van der Waals surface area contributed by atoms with Crippen LogP contribution in [0.15, 0.2) is 60.7 Å². The Morgan fingerprint density at radius 3 is 1.73 bits per heavy atom. The number of benzene rings is 2. The van der Waals surface area contributed by atoms with Crippen LogP contribution in [0.2, 0.25) is 0 Å². The molecule has 0 unspecified atom stereocenters. The first-order chi connectivity index (χ1) is 21.7. The van der Waals surface area contributed by atoms with Crippen LogP contribution in [0.5, 0.6) is 0 Å². The zero-order chi connectivity index (χ0) is 32.0. The summed E-state index contributed by atoms with van der Waals surface area (Å²) in [4.78, 5) is 96.6. The molecule has 0 bridgehead atoms. The van der Waals surface area contributed by atoms with Gasteiger partial charge in [-0.1, -0.05) is 60.7 Å². The first-order valence-corrected chi connectivity index (χ1v) is 15.1. The SMILES string of the molecule is O=C(CCC(=O)N1CCN(C(=O)CCCCN2C(=O)NC(c3ccccc3)(c3ccccc3)C2=O)CC1)ON1C(=O)CCC1=O. The van der Waals surface area contributed by atoms with E-state index in [1.165, 1.54) is 4.90 Å². The van der Waals surface area contributed by atoms with E-state index in [1.807, 2.05) is 60.7 Å². The molecule has 13 nitrogen and oxygen atoms in total. The van der Waals surface area contributed by atoms with Crippen LogP contribution in [0.4, 0.5) is 4.79 Å². The highest BCUT2D eigenvalue weighted by Crippen LogP contribution is 2.36. The molecule has 0 aromatic heterocycles. The lowest BCUT2D eigenvalue weighted by molar-refractivity contribution is -0.197. The zero-order valence-electron chi connectivity index (χ0n) is 24.8. The smallest absolute Gasteiger partial charge is 0.333 e. The fourth-order valence-electron chi connectivity index (χ4n) is 5.80. The quantitative estimate of drug-likeness (QED) is 0.227. The summed E-state index contributed by atoms with van der Waals surface area (Å²) in [5, 5.41) is 3.38. The van der Waals surface area contributed by atoms with Crippen LogP contribution in [0.1, 0.15) is 56.1 Å². The largest absolute Gasteiger partial charge is 0.339 e. The number of hydrogen-bond donors (Lipinski definition) is 1. The van der Waals surface area contributed by atoms with Crippen LogP contribution >= 0.6 is 0 Å². The Balaban J connectivity index is 1.05. The summed E-state index contributed by atoms with van der Waals surface area (Å²) in [6, 6.07) is 17.8. The Morgan fingerprint density at radius 2 is 1.20 bits per heavy atom. The van der Waals surface area contributed by atoms with E-state index in [-0.39, 0.29) is 56.4 Å². The number of hydrogen-bond acceptors (Lipinski definition) is 8. The third-order valence-electron chi connectivity index (χ3n) is 8.27. The number of rotatable bonds is 11. The third-order valence-corrected chi connectivity index (χ3v) is 8.27. The molecule has 2 aromatic rings. The number of nitrogens with one attached hydrogen (secondary N) is 1. The van der Waals surface area contributed by atoms with Gasteiger partial charge in [-0.25, -0.2) is 9.59 Å². The number of carbonyl (C=O) groups excluding carboxylic acids is 7. The van der Waals surface area contributed by atoms with Crippen molar-refractivity contribution in [3.8, 4) is 0 Å². The van der Waals surface area contributed by atoms with Crippen molar-refractivity contribution in [3.63, 3.8) is 0 Å². The molecule has 2 aromatic carbocycles. The second-order valence-corrected chi connectivity index (χ2v) is 11.1. The molecule has 3 fully saturated rings. The molecule has 0 spiro atoms. The van der Waals surface area contributed by atoms with Crippen molar-refractivity contribution < 1.29 is 38.4 Å². The standard InChI is InChI=1S/C32H35N5O8/c38-25(34-19-21-35(22-20-34)26(39)16-17-29(42)45-37-27(40)14-15-28(37)41)13-7-8-18-36-30(43)32(33-31(36)44,23-9-3-1-4-10-23)24-11-5-2-6-12-24/h1-6,9-12H,7-8,13-22H2,(H,33,44). The minimum absolute atomic E-state index is 0.00649. The second-order valence-electron chi connectivity index (χ2n) is 11.1. The average Bonchev–Trinajstić information content (AvgIpc) is 3.52. The van der Waals surface area contributed by atoms with E-state index >= 15 is 0 Å². The van der Waals surface area contributed by atoms with Crippen LogP contribution in [0.25, 0.3) is 0 Å². The average molecular weight is 618 g/mol. The summed E-state index contributed by atoms with van der Waals surface area (Å²) in [5.74, 6) is -2.71. The molecule has 3 saturated heterocycles. The number of urea groups is 1. The molecular formula is C32H35N5O8. The molecule has 3 aliphatic heterocycles. The van der Waals surface area contributed by atoms with Gasteiger partial charge in [0.15, 0.2) is 5.54 Å².